The van der Waals surface area contributed by atoms with E-state index in [1.807, 2.05) is 13.8 Å². The lowest BCUT2D eigenvalue weighted by Crippen LogP contribution is -2.34. The smallest absolute Gasteiger partial charge is 0.288 e. The molecule has 0 bridgehead atoms. The van der Waals surface area contributed by atoms with Gasteiger partial charge in [-0.2, -0.15) is 0 Å². The highest BCUT2D eigenvalue weighted by Crippen LogP contribution is 2.17. The lowest BCUT2D eigenvalue weighted by molar-refractivity contribution is -0.385. The molecule has 1 rings (SSSR count). The van der Waals surface area contributed by atoms with E-state index >= 15 is 0 Å². The maximum Gasteiger partial charge on any atom is 0.288 e. The van der Waals surface area contributed by atoms with Gasteiger partial charge in [0.2, 0.25) is 0 Å². The summed E-state index contributed by atoms with van der Waals surface area (Å²) in [6.45, 7) is 3.90. The molecule has 0 aliphatic heterocycles. The average Bonchev–Trinajstić information content (AvgIpc) is 2.35. The number of aromatic nitrogens is 1. The Balaban J connectivity index is 2.97. The van der Waals surface area contributed by atoms with E-state index in [0.29, 0.717) is 0 Å². The quantitative estimate of drug-likeness (QED) is 0.609. The van der Waals surface area contributed by atoms with Crippen LogP contribution in [0.2, 0.25) is 0 Å². The van der Waals surface area contributed by atoms with Crippen molar-refractivity contribution in [2.75, 3.05) is 5.73 Å². The standard InChI is InChI=1S/C11H16N4O3/c1-3-7(4-2)14-11(16)9-5-8(15(17)18)6-13-10(9)12/h5-7H,3-4H2,1-2H3,(H2,12,13)(H,14,16). The Kier molecular flexibility index (Phi) is 4.59. The van der Waals surface area contributed by atoms with Gasteiger partial charge in [0.25, 0.3) is 11.6 Å². The van der Waals surface area contributed by atoms with Gasteiger partial charge in [-0.05, 0) is 12.8 Å². The largest absolute Gasteiger partial charge is 0.383 e. The van der Waals surface area contributed by atoms with Crippen LogP contribution in [0, 0.1) is 10.1 Å². The van der Waals surface area contributed by atoms with E-state index in [1.54, 1.807) is 0 Å². The van der Waals surface area contributed by atoms with Crippen LogP contribution in [0.5, 0.6) is 0 Å². The van der Waals surface area contributed by atoms with Crippen LogP contribution < -0.4 is 11.1 Å². The van der Waals surface area contributed by atoms with E-state index in [-0.39, 0.29) is 23.1 Å². The second-order valence-corrected chi connectivity index (χ2v) is 3.87. The molecule has 3 N–H and O–H groups in total. The maximum absolute atomic E-state index is 11.9. The van der Waals surface area contributed by atoms with Crippen LogP contribution in [-0.4, -0.2) is 21.9 Å². The van der Waals surface area contributed by atoms with Gasteiger partial charge in [0.05, 0.1) is 10.5 Å². The summed E-state index contributed by atoms with van der Waals surface area (Å²) in [6, 6.07) is 1.16. The molecule has 0 unspecified atom stereocenters. The van der Waals surface area contributed by atoms with Crippen molar-refractivity contribution in [1.82, 2.24) is 10.3 Å². The first-order valence-corrected chi connectivity index (χ1v) is 5.70. The first-order chi connectivity index (χ1) is 8.49. The normalized spacial score (nSPS) is 10.4. The molecule has 1 amide bonds. The number of carbonyl (C=O) groups is 1. The van der Waals surface area contributed by atoms with Crippen molar-refractivity contribution >= 4 is 17.4 Å². The van der Waals surface area contributed by atoms with Crippen LogP contribution in [-0.2, 0) is 0 Å². The molecule has 0 saturated heterocycles. The van der Waals surface area contributed by atoms with Gasteiger partial charge in [0.1, 0.15) is 12.0 Å². The molecular weight excluding hydrogens is 236 g/mol. The Morgan fingerprint density at radius 1 is 1.56 bits per heavy atom. The predicted octanol–water partition coefficient (Wildman–Crippen LogP) is 1.49. The number of hydrogen-bond donors (Lipinski definition) is 2. The fourth-order valence-electron chi connectivity index (χ4n) is 1.50. The second kappa shape index (κ2) is 5.95. The summed E-state index contributed by atoms with van der Waals surface area (Å²) in [6.07, 6.45) is 2.60. The summed E-state index contributed by atoms with van der Waals surface area (Å²) in [5.74, 6) is -0.443. The van der Waals surface area contributed by atoms with Gasteiger partial charge in [-0.25, -0.2) is 4.98 Å². The average molecular weight is 252 g/mol. The van der Waals surface area contributed by atoms with E-state index in [2.05, 4.69) is 10.3 Å². The Labute approximate surface area is 105 Å². The molecule has 1 aromatic heterocycles. The van der Waals surface area contributed by atoms with Gasteiger partial charge >= 0.3 is 0 Å². The zero-order valence-corrected chi connectivity index (χ0v) is 10.3. The molecule has 0 spiro atoms. The number of nitrogen functional groups attached to an aromatic ring is 1. The number of rotatable bonds is 5. The molecule has 1 heterocycles. The number of nitrogens with two attached hydrogens (primary N) is 1. The Morgan fingerprint density at radius 2 is 2.17 bits per heavy atom. The summed E-state index contributed by atoms with van der Waals surface area (Å²) in [5, 5.41) is 13.4. The molecule has 0 saturated carbocycles. The third-order valence-electron chi connectivity index (χ3n) is 2.68. The number of carbonyl (C=O) groups excluding carboxylic acids is 1. The van der Waals surface area contributed by atoms with Crippen molar-refractivity contribution in [3.05, 3.63) is 27.9 Å². The Morgan fingerprint density at radius 3 is 2.67 bits per heavy atom. The summed E-state index contributed by atoms with van der Waals surface area (Å²) >= 11 is 0. The molecule has 0 aliphatic rings. The lowest BCUT2D eigenvalue weighted by Gasteiger charge is -2.15. The van der Waals surface area contributed by atoms with Crippen LogP contribution in [0.25, 0.3) is 0 Å². The third kappa shape index (κ3) is 3.16. The van der Waals surface area contributed by atoms with Crippen molar-refractivity contribution < 1.29 is 9.72 Å². The number of nitro groups is 1. The van der Waals surface area contributed by atoms with Crippen molar-refractivity contribution in [2.45, 2.75) is 32.7 Å². The Hall–Kier alpha value is -2.18. The molecule has 1 aromatic rings. The molecule has 18 heavy (non-hydrogen) atoms. The minimum atomic E-state index is -0.611. The van der Waals surface area contributed by atoms with Crippen molar-refractivity contribution in [3.8, 4) is 0 Å². The van der Waals surface area contributed by atoms with E-state index < -0.39 is 10.8 Å². The fraction of sp³-hybridized carbons (Fsp3) is 0.455. The van der Waals surface area contributed by atoms with Gasteiger partial charge in [0.15, 0.2) is 0 Å². The van der Waals surface area contributed by atoms with Crippen LogP contribution in [0.15, 0.2) is 12.3 Å². The topological polar surface area (TPSA) is 111 Å². The Bertz CT molecular complexity index is 458. The van der Waals surface area contributed by atoms with Gasteiger partial charge in [-0.15, -0.1) is 0 Å². The number of nitrogens with one attached hydrogen (secondary N) is 1. The fourth-order valence-corrected chi connectivity index (χ4v) is 1.50. The molecule has 0 aromatic carbocycles. The van der Waals surface area contributed by atoms with Gasteiger partial charge < -0.3 is 11.1 Å². The van der Waals surface area contributed by atoms with E-state index in [0.717, 1.165) is 25.1 Å². The lowest BCUT2D eigenvalue weighted by atomic mass is 10.1. The van der Waals surface area contributed by atoms with Gasteiger partial charge in [-0.3, -0.25) is 14.9 Å². The first-order valence-electron chi connectivity index (χ1n) is 5.70. The molecule has 0 atom stereocenters. The summed E-state index contributed by atoms with van der Waals surface area (Å²) in [5.41, 5.74) is 5.34. The van der Waals surface area contributed by atoms with Crippen LogP contribution in [0.4, 0.5) is 11.5 Å². The van der Waals surface area contributed by atoms with Gasteiger partial charge in [0, 0.05) is 12.1 Å². The van der Waals surface area contributed by atoms with Crippen molar-refractivity contribution in [2.24, 2.45) is 0 Å². The van der Waals surface area contributed by atoms with Crippen molar-refractivity contribution in [1.29, 1.82) is 0 Å². The van der Waals surface area contributed by atoms with E-state index in [1.165, 1.54) is 0 Å². The predicted molar refractivity (Wildman–Crippen MR) is 67.1 cm³/mol. The zero-order chi connectivity index (χ0) is 13.7. The number of anilines is 1. The van der Waals surface area contributed by atoms with Crippen LogP contribution in [0.1, 0.15) is 37.0 Å². The highest BCUT2D eigenvalue weighted by atomic mass is 16.6. The number of amides is 1. The highest BCUT2D eigenvalue weighted by molar-refractivity contribution is 5.99. The molecule has 98 valence electrons. The summed E-state index contributed by atoms with van der Waals surface area (Å²) < 4.78 is 0. The minimum Gasteiger partial charge on any atom is -0.383 e. The highest BCUT2D eigenvalue weighted by Gasteiger charge is 2.18. The molecule has 0 radical (unpaired) electrons. The molecule has 7 nitrogen and oxygen atoms in total. The number of pyridine rings is 1. The van der Waals surface area contributed by atoms with Crippen molar-refractivity contribution in [3.63, 3.8) is 0 Å². The monoisotopic (exact) mass is 252 g/mol. The minimum absolute atomic E-state index is 0.0101. The number of hydrogen-bond acceptors (Lipinski definition) is 5. The van der Waals surface area contributed by atoms with E-state index in [9.17, 15) is 14.9 Å². The van der Waals surface area contributed by atoms with Crippen LogP contribution >= 0.6 is 0 Å². The SMILES string of the molecule is CCC(CC)NC(=O)c1cc([N+](=O)[O-])cnc1N. The van der Waals surface area contributed by atoms with Crippen LogP contribution in [0.3, 0.4) is 0 Å². The summed E-state index contributed by atoms with van der Waals surface area (Å²) in [4.78, 5) is 25.6. The zero-order valence-electron chi connectivity index (χ0n) is 10.3. The molecule has 0 aliphatic carbocycles. The number of nitrogens with zero attached hydrogens (tertiary/aromatic N) is 2. The second-order valence-electron chi connectivity index (χ2n) is 3.87. The third-order valence-corrected chi connectivity index (χ3v) is 2.68. The summed E-state index contributed by atoms with van der Waals surface area (Å²) in [7, 11) is 0. The molecule has 7 heteroatoms. The molecular formula is C11H16N4O3. The first kappa shape index (κ1) is 13.9. The van der Waals surface area contributed by atoms with Gasteiger partial charge in [-0.1, -0.05) is 13.8 Å². The van der Waals surface area contributed by atoms with E-state index in [4.69, 9.17) is 5.73 Å². The maximum atomic E-state index is 11.9. The molecule has 0 fully saturated rings.